The lowest BCUT2D eigenvalue weighted by Gasteiger charge is -2.26. The summed E-state index contributed by atoms with van der Waals surface area (Å²) in [6, 6.07) is 4.88. The van der Waals surface area contributed by atoms with Gasteiger partial charge < -0.3 is 10.1 Å². The largest absolute Gasteiger partial charge is 0.379 e. The predicted molar refractivity (Wildman–Crippen MR) is 75.8 cm³/mol. The highest BCUT2D eigenvalue weighted by molar-refractivity contribution is 7.89. The molecule has 5 nitrogen and oxygen atoms in total. The molecule has 2 fully saturated rings. The third-order valence-electron chi connectivity index (χ3n) is 3.76. The number of halogens is 1. The van der Waals surface area contributed by atoms with Crippen molar-refractivity contribution in [3.63, 3.8) is 0 Å². The molecule has 1 saturated heterocycles. The fourth-order valence-corrected chi connectivity index (χ4v) is 3.79. The molecule has 21 heavy (non-hydrogen) atoms. The molecule has 1 aliphatic carbocycles. The Labute approximate surface area is 124 Å². The highest BCUT2D eigenvalue weighted by Crippen LogP contribution is 2.23. The number of hydrogen-bond donors (Lipinski definition) is 1. The lowest BCUT2D eigenvalue weighted by molar-refractivity contribution is 0.0729. The Morgan fingerprint density at radius 2 is 2.00 bits per heavy atom. The zero-order valence-electron chi connectivity index (χ0n) is 11.7. The molecular weight excluding hydrogens is 295 g/mol. The molecular formula is C14H19FN2O3S. The van der Waals surface area contributed by atoms with Gasteiger partial charge in [-0.3, -0.25) is 0 Å². The van der Waals surface area contributed by atoms with Crippen molar-refractivity contribution < 1.29 is 17.5 Å². The third kappa shape index (κ3) is 3.42. The van der Waals surface area contributed by atoms with Gasteiger partial charge in [-0.15, -0.1) is 0 Å². The molecule has 1 aromatic carbocycles. The third-order valence-corrected chi connectivity index (χ3v) is 5.69. The molecule has 3 rings (SSSR count). The number of nitrogens with zero attached hydrogens (tertiary/aromatic N) is 1. The number of hydrogen-bond acceptors (Lipinski definition) is 4. The molecule has 0 spiro atoms. The summed E-state index contributed by atoms with van der Waals surface area (Å²) < 4.78 is 45.4. The van der Waals surface area contributed by atoms with Gasteiger partial charge in [0.05, 0.1) is 13.2 Å². The second-order valence-electron chi connectivity index (χ2n) is 5.44. The van der Waals surface area contributed by atoms with E-state index in [0.29, 0.717) is 25.8 Å². The summed E-state index contributed by atoms with van der Waals surface area (Å²) in [4.78, 5) is -0.250. The summed E-state index contributed by atoms with van der Waals surface area (Å²) in [6.45, 7) is 1.81. The molecule has 1 heterocycles. The first-order chi connectivity index (χ1) is 10.1. The second kappa shape index (κ2) is 6.00. The maximum Gasteiger partial charge on any atom is 0.246 e. The number of nitrogens with one attached hydrogen (secondary N) is 1. The van der Waals surface area contributed by atoms with Gasteiger partial charge in [-0.1, -0.05) is 6.07 Å². The van der Waals surface area contributed by atoms with E-state index in [4.69, 9.17) is 4.74 Å². The average molecular weight is 314 g/mol. The van der Waals surface area contributed by atoms with Crippen LogP contribution in [0, 0.1) is 5.82 Å². The SMILES string of the molecule is O=S(=O)(c1ccc(CNC2CC2)cc1F)N1CCOCC1. The summed E-state index contributed by atoms with van der Waals surface area (Å²) in [6.07, 6.45) is 2.32. The molecule has 0 aromatic heterocycles. The van der Waals surface area contributed by atoms with Crippen LogP contribution in [0.3, 0.4) is 0 Å². The van der Waals surface area contributed by atoms with Crippen molar-refractivity contribution in [2.45, 2.75) is 30.3 Å². The first kappa shape index (κ1) is 14.9. The van der Waals surface area contributed by atoms with Crippen LogP contribution >= 0.6 is 0 Å². The van der Waals surface area contributed by atoms with E-state index < -0.39 is 15.8 Å². The fourth-order valence-electron chi connectivity index (χ4n) is 2.34. The molecule has 1 aromatic rings. The van der Waals surface area contributed by atoms with Crippen LogP contribution in [0.1, 0.15) is 18.4 Å². The highest BCUT2D eigenvalue weighted by Gasteiger charge is 2.29. The number of ether oxygens (including phenoxy) is 1. The van der Waals surface area contributed by atoms with Gasteiger partial charge in [0.15, 0.2) is 0 Å². The minimum absolute atomic E-state index is 0.250. The summed E-state index contributed by atoms with van der Waals surface area (Å²) in [7, 11) is -3.77. The van der Waals surface area contributed by atoms with E-state index in [9.17, 15) is 12.8 Å². The van der Waals surface area contributed by atoms with Gasteiger partial charge in [0.25, 0.3) is 0 Å². The first-order valence-electron chi connectivity index (χ1n) is 7.17. The van der Waals surface area contributed by atoms with Crippen LogP contribution in [0.2, 0.25) is 0 Å². The summed E-state index contributed by atoms with van der Waals surface area (Å²) in [5.41, 5.74) is 0.764. The van der Waals surface area contributed by atoms with Gasteiger partial charge in [-0.05, 0) is 30.5 Å². The Bertz CT molecular complexity index is 611. The quantitative estimate of drug-likeness (QED) is 0.884. The Morgan fingerprint density at radius 3 is 2.62 bits per heavy atom. The molecule has 1 N–H and O–H groups in total. The lowest BCUT2D eigenvalue weighted by atomic mass is 10.2. The Balaban J connectivity index is 1.77. The second-order valence-corrected chi connectivity index (χ2v) is 7.34. The van der Waals surface area contributed by atoms with Crippen molar-refractivity contribution in [3.8, 4) is 0 Å². The highest BCUT2D eigenvalue weighted by atomic mass is 32.2. The van der Waals surface area contributed by atoms with Crippen LogP contribution < -0.4 is 5.32 Å². The lowest BCUT2D eigenvalue weighted by Crippen LogP contribution is -2.40. The van der Waals surface area contributed by atoms with E-state index >= 15 is 0 Å². The molecule has 2 aliphatic rings. The van der Waals surface area contributed by atoms with Crippen molar-refractivity contribution in [2.75, 3.05) is 26.3 Å². The molecule has 7 heteroatoms. The first-order valence-corrected chi connectivity index (χ1v) is 8.61. The van der Waals surface area contributed by atoms with Gasteiger partial charge in [0, 0.05) is 25.7 Å². The minimum Gasteiger partial charge on any atom is -0.379 e. The summed E-state index contributed by atoms with van der Waals surface area (Å²) in [5, 5.41) is 3.28. The standard InChI is InChI=1S/C14H19FN2O3S/c15-13-9-11(10-16-12-2-3-12)1-4-14(13)21(18,19)17-5-7-20-8-6-17/h1,4,9,12,16H,2-3,5-8,10H2. The van der Waals surface area contributed by atoms with E-state index in [1.807, 2.05) is 0 Å². The zero-order valence-corrected chi connectivity index (χ0v) is 12.5. The molecule has 0 amide bonds. The van der Waals surface area contributed by atoms with Gasteiger partial charge in [0.2, 0.25) is 10.0 Å². The van der Waals surface area contributed by atoms with Gasteiger partial charge in [-0.25, -0.2) is 12.8 Å². The zero-order chi connectivity index (χ0) is 14.9. The van der Waals surface area contributed by atoms with Gasteiger partial charge in [0.1, 0.15) is 10.7 Å². The van der Waals surface area contributed by atoms with Crippen molar-refractivity contribution in [1.82, 2.24) is 9.62 Å². The van der Waals surface area contributed by atoms with E-state index in [0.717, 1.165) is 18.4 Å². The van der Waals surface area contributed by atoms with Crippen LogP contribution in [0.25, 0.3) is 0 Å². The van der Waals surface area contributed by atoms with Crippen LogP contribution in [-0.2, 0) is 21.3 Å². The monoisotopic (exact) mass is 314 g/mol. The number of sulfonamides is 1. The maximum absolute atomic E-state index is 14.2. The molecule has 116 valence electrons. The molecule has 0 radical (unpaired) electrons. The predicted octanol–water partition coefficient (Wildman–Crippen LogP) is 1.10. The van der Waals surface area contributed by atoms with Crippen LogP contribution in [0.5, 0.6) is 0 Å². The molecule has 1 saturated carbocycles. The van der Waals surface area contributed by atoms with Crippen LogP contribution in [0.4, 0.5) is 4.39 Å². The van der Waals surface area contributed by atoms with Gasteiger partial charge in [-0.2, -0.15) is 4.31 Å². The van der Waals surface area contributed by atoms with Crippen molar-refractivity contribution in [3.05, 3.63) is 29.6 Å². The fraction of sp³-hybridized carbons (Fsp3) is 0.571. The smallest absolute Gasteiger partial charge is 0.246 e. The molecule has 0 atom stereocenters. The molecule has 0 unspecified atom stereocenters. The normalized spacial score (nSPS) is 20.6. The topological polar surface area (TPSA) is 58.6 Å². The summed E-state index contributed by atoms with van der Waals surface area (Å²) in [5.74, 6) is -0.684. The van der Waals surface area contributed by atoms with E-state index in [2.05, 4.69) is 5.32 Å². The van der Waals surface area contributed by atoms with Crippen molar-refractivity contribution in [2.24, 2.45) is 0 Å². The van der Waals surface area contributed by atoms with Gasteiger partial charge >= 0.3 is 0 Å². The molecule has 0 bridgehead atoms. The number of benzene rings is 1. The van der Waals surface area contributed by atoms with Crippen LogP contribution in [-0.4, -0.2) is 45.1 Å². The average Bonchev–Trinajstić information content (AvgIpc) is 3.30. The summed E-state index contributed by atoms with van der Waals surface area (Å²) >= 11 is 0. The maximum atomic E-state index is 14.2. The van der Waals surface area contributed by atoms with E-state index in [-0.39, 0.29) is 18.0 Å². The Morgan fingerprint density at radius 1 is 1.29 bits per heavy atom. The number of rotatable bonds is 5. The van der Waals surface area contributed by atoms with Crippen molar-refractivity contribution >= 4 is 10.0 Å². The minimum atomic E-state index is -3.77. The van der Waals surface area contributed by atoms with Crippen molar-refractivity contribution in [1.29, 1.82) is 0 Å². The molecule has 1 aliphatic heterocycles. The Kier molecular flexibility index (Phi) is 4.26. The van der Waals surface area contributed by atoms with E-state index in [1.165, 1.54) is 16.4 Å². The van der Waals surface area contributed by atoms with E-state index in [1.54, 1.807) is 6.07 Å². The Hall–Kier alpha value is -1.02. The van der Waals surface area contributed by atoms with Crippen LogP contribution in [0.15, 0.2) is 23.1 Å². The number of morpholine rings is 1.